The molecular formula is C32H17Cl3F5N3O7. The van der Waals surface area contributed by atoms with Crippen LogP contribution in [-0.2, 0) is 19.2 Å². The van der Waals surface area contributed by atoms with Gasteiger partial charge < -0.3 is 5.11 Å². The molecule has 2 saturated heterocycles. The molecule has 18 heteroatoms. The molecule has 6 unspecified atom stereocenters. The molecule has 3 aromatic carbocycles. The van der Waals surface area contributed by atoms with Gasteiger partial charge in [-0.25, -0.2) is 26.9 Å². The molecule has 258 valence electrons. The van der Waals surface area contributed by atoms with Crippen LogP contribution in [0.1, 0.15) is 24.3 Å². The third-order valence-corrected chi connectivity index (χ3v) is 11.6. The van der Waals surface area contributed by atoms with E-state index in [9.17, 15) is 47.6 Å². The van der Waals surface area contributed by atoms with Gasteiger partial charge in [-0.3, -0.25) is 34.2 Å². The van der Waals surface area contributed by atoms with Gasteiger partial charge in [0.15, 0.2) is 33.0 Å². The van der Waals surface area contributed by atoms with Gasteiger partial charge in [0.25, 0.3) is 17.5 Å². The smallest absolute Gasteiger partial charge is 0.269 e. The highest BCUT2D eigenvalue weighted by molar-refractivity contribution is 6.58. The molecule has 7 rings (SSSR count). The quantitative estimate of drug-likeness (QED) is 0.0474. The van der Waals surface area contributed by atoms with Gasteiger partial charge in [-0.05, 0) is 48.6 Å². The second-order valence-electron chi connectivity index (χ2n) is 12.2. The molecule has 3 fully saturated rings. The molecule has 0 radical (unpaired) electrons. The van der Waals surface area contributed by atoms with Crippen molar-refractivity contribution in [3.05, 3.63) is 104 Å². The summed E-state index contributed by atoms with van der Waals surface area (Å²) in [4.78, 5) is 61.7. The maximum atomic E-state index is 15.2. The summed E-state index contributed by atoms with van der Waals surface area (Å²) >= 11 is 20.6. The molecule has 10 nitrogen and oxygen atoms in total. The van der Waals surface area contributed by atoms with Crippen LogP contribution in [0.25, 0.3) is 0 Å². The zero-order chi connectivity index (χ0) is 36.4. The van der Waals surface area contributed by atoms with E-state index in [2.05, 4.69) is 0 Å². The Hall–Kier alpha value is -4.60. The Labute approximate surface area is 291 Å². The maximum Gasteiger partial charge on any atom is 0.269 e. The molecule has 6 atom stereocenters. The number of carbonyl (C=O) groups is 4. The Morgan fingerprint density at radius 2 is 1.42 bits per heavy atom. The summed E-state index contributed by atoms with van der Waals surface area (Å²) in [7, 11) is 0. The number of halogens is 8. The van der Waals surface area contributed by atoms with Crippen molar-refractivity contribution in [2.45, 2.75) is 28.5 Å². The number of nitrogens with zero attached hydrogens (tertiary/aromatic N) is 3. The van der Waals surface area contributed by atoms with E-state index in [1.54, 1.807) is 0 Å². The number of hydrogen-bond donors (Lipinski definition) is 1. The van der Waals surface area contributed by atoms with Crippen LogP contribution in [0.3, 0.4) is 0 Å². The number of non-ortho nitro benzene ring substituents is 1. The van der Waals surface area contributed by atoms with Crippen molar-refractivity contribution in [1.29, 1.82) is 0 Å². The minimum Gasteiger partial charge on any atom is -0.508 e. The van der Waals surface area contributed by atoms with E-state index < -0.39 is 103 Å². The highest BCUT2D eigenvalue weighted by Crippen LogP contribution is 2.66. The van der Waals surface area contributed by atoms with E-state index in [4.69, 9.17) is 34.8 Å². The van der Waals surface area contributed by atoms with Crippen LogP contribution in [0.4, 0.5) is 39.0 Å². The monoisotopic (exact) mass is 755 g/mol. The number of aromatic hydroxyl groups is 1. The molecule has 0 aromatic heterocycles. The number of fused-ring (bicyclic) bond motifs is 4. The third-order valence-electron chi connectivity index (χ3n) is 9.84. The fourth-order valence-corrected chi connectivity index (χ4v) is 8.85. The summed E-state index contributed by atoms with van der Waals surface area (Å²) in [5, 5.41) is 21.0. The number of phenols is 1. The van der Waals surface area contributed by atoms with E-state index in [1.807, 2.05) is 0 Å². The van der Waals surface area contributed by atoms with Crippen molar-refractivity contribution < 1.29 is 51.2 Å². The average Bonchev–Trinajstić information content (AvgIpc) is 3.41. The molecule has 1 N–H and O–H groups in total. The number of amides is 4. The van der Waals surface area contributed by atoms with E-state index in [0.29, 0.717) is 0 Å². The number of benzene rings is 3. The van der Waals surface area contributed by atoms with Crippen LogP contribution in [0, 0.1) is 57.0 Å². The van der Waals surface area contributed by atoms with Crippen molar-refractivity contribution in [2.24, 2.45) is 17.8 Å². The van der Waals surface area contributed by atoms with Gasteiger partial charge >= 0.3 is 0 Å². The molecule has 4 aliphatic rings. The SMILES string of the molecule is O=C1C2CC=C3C(CC4(Cl)C(=O)N(c5c(F)c(F)c(F)c(F)c5F)C(=O)C4(Cl)C3c3ccc(O)cc3Cl)C2C(=O)N1c1ccc([N+](=O)[O-])cc1. The Morgan fingerprint density at radius 3 is 2.00 bits per heavy atom. The van der Waals surface area contributed by atoms with Gasteiger partial charge in [0.1, 0.15) is 11.4 Å². The predicted octanol–water partition coefficient (Wildman–Crippen LogP) is 6.42. The highest BCUT2D eigenvalue weighted by Gasteiger charge is 2.77. The third kappa shape index (κ3) is 4.26. The summed E-state index contributed by atoms with van der Waals surface area (Å²) < 4.78 is 73.1. The van der Waals surface area contributed by atoms with E-state index in [-0.39, 0.29) is 44.6 Å². The molecule has 3 aromatic rings. The minimum atomic E-state index is -2.79. The Morgan fingerprint density at radius 1 is 0.820 bits per heavy atom. The van der Waals surface area contributed by atoms with Crippen molar-refractivity contribution >= 4 is 75.5 Å². The summed E-state index contributed by atoms with van der Waals surface area (Å²) in [6.45, 7) is 0. The molecule has 2 heterocycles. The van der Waals surface area contributed by atoms with E-state index in [1.165, 1.54) is 24.3 Å². The molecule has 0 spiro atoms. The number of phenolic OH excluding ortho intramolecular Hbond substituents is 1. The second-order valence-corrected chi connectivity index (χ2v) is 13.8. The van der Waals surface area contributed by atoms with Crippen LogP contribution in [0.2, 0.25) is 5.02 Å². The lowest BCUT2D eigenvalue weighted by Crippen LogP contribution is -2.60. The number of nitro benzene ring substituents is 1. The maximum absolute atomic E-state index is 15.2. The zero-order valence-corrected chi connectivity index (χ0v) is 26.9. The predicted molar refractivity (Wildman–Crippen MR) is 165 cm³/mol. The van der Waals surface area contributed by atoms with E-state index >= 15 is 8.78 Å². The first kappa shape index (κ1) is 33.9. The van der Waals surface area contributed by atoms with Crippen LogP contribution in [0.15, 0.2) is 54.1 Å². The van der Waals surface area contributed by atoms with Crippen LogP contribution in [-0.4, -0.2) is 43.4 Å². The fraction of sp³-hybridized carbons (Fsp3) is 0.250. The number of anilines is 2. The molecule has 50 heavy (non-hydrogen) atoms. The first-order valence-electron chi connectivity index (χ1n) is 14.6. The molecular weight excluding hydrogens is 740 g/mol. The first-order valence-corrected chi connectivity index (χ1v) is 15.7. The lowest BCUT2D eigenvalue weighted by Gasteiger charge is -2.50. The Bertz CT molecular complexity index is 2120. The van der Waals surface area contributed by atoms with Gasteiger partial charge in [0, 0.05) is 23.1 Å². The Kier molecular flexibility index (Phi) is 7.59. The molecule has 0 bridgehead atoms. The highest BCUT2D eigenvalue weighted by atomic mass is 35.5. The van der Waals surface area contributed by atoms with Gasteiger partial charge in [-0.2, -0.15) is 0 Å². The molecule has 4 amide bonds. The molecule has 2 aliphatic heterocycles. The molecule has 1 saturated carbocycles. The number of rotatable bonds is 4. The average molecular weight is 757 g/mol. The van der Waals surface area contributed by atoms with Crippen molar-refractivity contribution in [2.75, 3.05) is 9.80 Å². The number of hydrogen-bond acceptors (Lipinski definition) is 7. The van der Waals surface area contributed by atoms with Crippen LogP contribution in [0.5, 0.6) is 5.75 Å². The van der Waals surface area contributed by atoms with Crippen molar-refractivity contribution in [3.63, 3.8) is 0 Å². The number of nitro groups is 1. The Balaban J connectivity index is 1.41. The number of imide groups is 2. The fourth-order valence-electron chi connectivity index (χ4n) is 7.64. The van der Waals surface area contributed by atoms with Crippen LogP contribution >= 0.6 is 34.8 Å². The largest absolute Gasteiger partial charge is 0.508 e. The lowest BCUT2D eigenvalue weighted by atomic mass is 9.56. The van der Waals surface area contributed by atoms with Gasteiger partial charge in [0.2, 0.25) is 17.6 Å². The van der Waals surface area contributed by atoms with Gasteiger partial charge in [0.05, 0.1) is 22.4 Å². The van der Waals surface area contributed by atoms with E-state index in [0.717, 1.165) is 29.2 Å². The summed E-state index contributed by atoms with van der Waals surface area (Å²) in [5.41, 5.74) is -2.17. The summed E-state index contributed by atoms with van der Waals surface area (Å²) in [6.07, 6.45) is 0.604. The number of carbonyl (C=O) groups excluding carboxylic acids is 4. The van der Waals surface area contributed by atoms with Crippen LogP contribution < -0.4 is 9.80 Å². The normalized spacial score (nSPS) is 28.8. The lowest BCUT2D eigenvalue weighted by molar-refractivity contribution is -0.384. The topological polar surface area (TPSA) is 138 Å². The van der Waals surface area contributed by atoms with Gasteiger partial charge in [-0.1, -0.05) is 29.3 Å². The number of alkyl halides is 2. The summed E-state index contributed by atoms with van der Waals surface area (Å²) in [5.74, 6) is -22.9. The minimum absolute atomic E-state index is 0.00706. The van der Waals surface area contributed by atoms with Gasteiger partial charge in [-0.15, -0.1) is 23.2 Å². The first-order chi connectivity index (χ1) is 23.5. The second kappa shape index (κ2) is 11.2. The standard InChI is InChI=1S/C32H17Cl3F5N3O7/c33-18-9-13(44)5-6-15(18)20-14-7-8-16-19(28(46)41(27(16)45)11-1-3-12(4-2-11)43(49)50)17(14)10-31(34)29(47)42(30(48)32(20,31)35)26-24(39)22(37)21(36)23(38)25(26)40/h1-7,9,16-17,19-20,44H,8,10H2. The molecule has 2 aliphatic carbocycles. The number of allylic oxidation sites excluding steroid dienone is 2. The van der Waals surface area contributed by atoms with Crippen molar-refractivity contribution in [3.8, 4) is 5.75 Å². The van der Waals surface area contributed by atoms with Crippen molar-refractivity contribution in [1.82, 2.24) is 0 Å². The zero-order valence-electron chi connectivity index (χ0n) is 24.6. The summed E-state index contributed by atoms with van der Waals surface area (Å²) in [6, 6.07) is 7.93.